The number of halogens is 2. The Balaban J connectivity index is 2.01. The van der Waals surface area contributed by atoms with E-state index >= 15 is 0 Å². The maximum Gasteiger partial charge on any atom is 0.387 e. The molecule has 0 saturated carbocycles. The molecule has 1 aromatic rings. The van der Waals surface area contributed by atoms with Crippen LogP contribution in [0.5, 0.6) is 11.5 Å². The molecule has 1 aromatic carbocycles. The first kappa shape index (κ1) is 20.3. The predicted octanol–water partition coefficient (Wildman–Crippen LogP) is 1.51. The number of likely N-dealkylation sites (N-methyl/N-ethyl adjacent to an activating group) is 1. The molecule has 0 aromatic heterocycles. The van der Waals surface area contributed by atoms with Gasteiger partial charge in [0.1, 0.15) is 11.5 Å². The molecule has 0 bridgehead atoms. The topological polar surface area (TPSA) is 71.5 Å². The first-order chi connectivity index (χ1) is 12.4. The van der Waals surface area contributed by atoms with Gasteiger partial charge in [0, 0.05) is 31.7 Å². The normalized spacial score (nSPS) is 18.3. The van der Waals surface area contributed by atoms with E-state index in [2.05, 4.69) is 9.64 Å². The van der Waals surface area contributed by atoms with Crippen molar-refractivity contribution in [2.24, 2.45) is 0 Å². The van der Waals surface area contributed by atoms with Crippen LogP contribution in [0.2, 0.25) is 0 Å². The maximum atomic E-state index is 12.6. The molecule has 1 N–H and O–H groups in total. The van der Waals surface area contributed by atoms with E-state index in [4.69, 9.17) is 14.6 Å². The monoisotopic (exact) mass is 374 g/mol. The summed E-state index contributed by atoms with van der Waals surface area (Å²) < 4.78 is 40.7. The molecule has 146 valence electrons. The second-order valence-corrected chi connectivity index (χ2v) is 6.17. The highest BCUT2D eigenvalue weighted by Gasteiger charge is 2.24. The summed E-state index contributed by atoms with van der Waals surface area (Å²) in [5, 5.41) is 8.83. The van der Waals surface area contributed by atoms with Crippen LogP contribution >= 0.6 is 0 Å². The Hall–Kier alpha value is -1.97. The Morgan fingerprint density at radius 1 is 1.50 bits per heavy atom. The lowest BCUT2D eigenvalue weighted by atomic mass is 10.1. The Morgan fingerprint density at radius 2 is 2.27 bits per heavy atom. The maximum absolute atomic E-state index is 12.6. The third kappa shape index (κ3) is 6.40. The highest BCUT2D eigenvalue weighted by molar-refractivity contribution is 5.69. The first-order valence-electron chi connectivity index (χ1n) is 8.23. The number of carbonyl (C=O) groups is 1. The number of hydrogen-bond acceptors (Lipinski definition) is 6. The van der Waals surface area contributed by atoms with Crippen molar-refractivity contribution in [2.75, 3.05) is 46.9 Å². The zero-order chi connectivity index (χ0) is 19.1. The quantitative estimate of drug-likeness (QED) is 0.703. The lowest BCUT2D eigenvalue weighted by Crippen LogP contribution is -2.47. The molecule has 1 aliphatic rings. The summed E-state index contributed by atoms with van der Waals surface area (Å²) in [6.07, 6.45) is -0.154. The van der Waals surface area contributed by atoms with Crippen LogP contribution in [0.15, 0.2) is 18.2 Å². The van der Waals surface area contributed by atoms with E-state index in [1.165, 1.54) is 13.2 Å². The van der Waals surface area contributed by atoms with Crippen molar-refractivity contribution < 1.29 is 32.9 Å². The SMILES string of the molecule is COc1ccc(OC(F)F)c(CN2CCOC(CN(C)CC(=O)O)C2)c1. The van der Waals surface area contributed by atoms with E-state index in [-0.39, 0.29) is 18.4 Å². The number of carboxylic acid groups (broad SMARTS) is 1. The van der Waals surface area contributed by atoms with Crippen molar-refractivity contribution in [2.45, 2.75) is 19.3 Å². The van der Waals surface area contributed by atoms with Gasteiger partial charge in [-0.05, 0) is 25.2 Å². The minimum atomic E-state index is -2.90. The molecule has 0 radical (unpaired) electrons. The van der Waals surface area contributed by atoms with Gasteiger partial charge in [0.25, 0.3) is 0 Å². The van der Waals surface area contributed by atoms with Gasteiger partial charge in [0.15, 0.2) is 0 Å². The number of ether oxygens (including phenoxy) is 3. The van der Waals surface area contributed by atoms with Gasteiger partial charge in [-0.1, -0.05) is 0 Å². The highest BCUT2D eigenvalue weighted by Crippen LogP contribution is 2.27. The number of morpholine rings is 1. The summed E-state index contributed by atoms with van der Waals surface area (Å²) in [6.45, 7) is -0.393. The van der Waals surface area contributed by atoms with E-state index in [9.17, 15) is 13.6 Å². The molecule has 1 atom stereocenters. The van der Waals surface area contributed by atoms with E-state index in [0.717, 1.165) is 0 Å². The van der Waals surface area contributed by atoms with Crippen LogP contribution in [0.25, 0.3) is 0 Å². The average molecular weight is 374 g/mol. The number of hydrogen-bond donors (Lipinski definition) is 1. The van der Waals surface area contributed by atoms with Gasteiger partial charge in [-0.15, -0.1) is 0 Å². The Morgan fingerprint density at radius 3 is 2.92 bits per heavy atom. The van der Waals surface area contributed by atoms with Crippen LogP contribution in [0, 0.1) is 0 Å². The number of carboxylic acids is 1. The van der Waals surface area contributed by atoms with Crippen LogP contribution in [-0.2, 0) is 16.1 Å². The fourth-order valence-corrected chi connectivity index (χ4v) is 2.94. The Bertz CT molecular complexity index is 603. The van der Waals surface area contributed by atoms with E-state index in [1.807, 2.05) is 0 Å². The number of benzene rings is 1. The molecule has 26 heavy (non-hydrogen) atoms. The van der Waals surface area contributed by atoms with Crippen LogP contribution in [0.4, 0.5) is 8.78 Å². The molecule has 1 aliphatic heterocycles. The number of rotatable bonds is 9. The van der Waals surface area contributed by atoms with Crippen molar-refractivity contribution in [1.82, 2.24) is 9.80 Å². The largest absolute Gasteiger partial charge is 0.497 e. The molecule has 9 heteroatoms. The summed E-state index contributed by atoms with van der Waals surface area (Å²) in [5.41, 5.74) is 0.601. The Labute approximate surface area is 151 Å². The van der Waals surface area contributed by atoms with Crippen molar-refractivity contribution in [3.63, 3.8) is 0 Å². The zero-order valence-corrected chi connectivity index (χ0v) is 14.9. The van der Waals surface area contributed by atoms with E-state index < -0.39 is 12.6 Å². The summed E-state index contributed by atoms with van der Waals surface area (Å²) >= 11 is 0. The summed E-state index contributed by atoms with van der Waals surface area (Å²) in [4.78, 5) is 14.5. The molecule has 1 saturated heterocycles. The van der Waals surface area contributed by atoms with Gasteiger partial charge in [-0.3, -0.25) is 14.6 Å². The predicted molar refractivity (Wildman–Crippen MR) is 89.8 cm³/mol. The summed E-state index contributed by atoms with van der Waals surface area (Å²) in [7, 11) is 3.23. The molecule has 0 aliphatic carbocycles. The van der Waals surface area contributed by atoms with Gasteiger partial charge in [0.2, 0.25) is 0 Å². The standard InChI is InChI=1S/C17H24F2N2O5/c1-20(11-16(22)23)9-14-10-21(5-6-25-14)8-12-7-13(24-2)3-4-15(12)26-17(18)19/h3-4,7,14,17H,5-6,8-11H2,1-2H3,(H,22,23). The van der Waals surface area contributed by atoms with Gasteiger partial charge < -0.3 is 19.3 Å². The van der Waals surface area contributed by atoms with Crippen molar-refractivity contribution in [3.05, 3.63) is 23.8 Å². The zero-order valence-electron chi connectivity index (χ0n) is 14.9. The lowest BCUT2D eigenvalue weighted by molar-refractivity contribution is -0.138. The van der Waals surface area contributed by atoms with Crippen LogP contribution in [-0.4, -0.2) is 80.5 Å². The third-order valence-electron chi connectivity index (χ3n) is 4.02. The minimum absolute atomic E-state index is 0.0673. The minimum Gasteiger partial charge on any atom is -0.497 e. The van der Waals surface area contributed by atoms with Gasteiger partial charge in [-0.25, -0.2) is 0 Å². The van der Waals surface area contributed by atoms with Crippen molar-refractivity contribution >= 4 is 5.97 Å². The summed E-state index contributed by atoms with van der Waals surface area (Å²) in [6, 6.07) is 4.72. The molecular weight excluding hydrogens is 350 g/mol. The van der Waals surface area contributed by atoms with Crippen molar-refractivity contribution in [3.8, 4) is 11.5 Å². The van der Waals surface area contributed by atoms with E-state index in [0.29, 0.717) is 44.1 Å². The molecule has 0 amide bonds. The molecular formula is C17H24F2N2O5. The third-order valence-corrected chi connectivity index (χ3v) is 4.02. The number of nitrogens with zero attached hydrogens (tertiary/aromatic N) is 2. The van der Waals surface area contributed by atoms with Crippen molar-refractivity contribution in [1.29, 1.82) is 0 Å². The summed E-state index contributed by atoms with van der Waals surface area (Å²) in [5.74, 6) is -0.218. The lowest BCUT2D eigenvalue weighted by Gasteiger charge is -2.34. The van der Waals surface area contributed by atoms with Crippen LogP contribution in [0.1, 0.15) is 5.56 Å². The van der Waals surface area contributed by atoms with Gasteiger partial charge in [0.05, 0.1) is 26.4 Å². The molecule has 1 heterocycles. The molecule has 7 nitrogen and oxygen atoms in total. The molecule has 0 spiro atoms. The van der Waals surface area contributed by atoms with Gasteiger partial charge >= 0.3 is 12.6 Å². The second kappa shape index (κ2) is 9.65. The fraction of sp³-hybridized carbons (Fsp3) is 0.588. The van der Waals surface area contributed by atoms with E-state index in [1.54, 1.807) is 24.1 Å². The smallest absolute Gasteiger partial charge is 0.387 e. The van der Waals surface area contributed by atoms with Gasteiger partial charge in [-0.2, -0.15) is 8.78 Å². The number of alkyl halides is 2. The van der Waals surface area contributed by atoms with Crippen LogP contribution < -0.4 is 9.47 Å². The fourth-order valence-electron chi connectivity index (χ4n) is 2.94. The highest BCUT2D eigenvalue weighted by atomic mass is 19.3. The first-order valence-corrected chi connectivity index (χ1v) is 8.23. The van der Waals surface area contributed by atoms with Crippen LogP contribution in [0.3, 0.4) is 0 Å². The second-order valence-electron chi connectivity index (χ2n) is 6.17. The molecule has 1 fully saturated rings. The number of aliphatic carboxylic acids is 1. The number of methoxy groups -OCH3 is 1. The molecule has 2 rings (SSSR count). The average Bonchev–Trinajstić information content (AvgIpc) is 2.55. The molecule has 1 unspecified atom stereocenters. The Kier molecular flexibility index (Phi) is 7.55.